The molecule has 0 heterocycles. The molecular weight excluding hydrogens is 272 g/mol. The minimum absolute atomic E-state index is 0.287. The lowest BCUT2D eigenvalue weighted by atomic mass is 10.2. The Bertz CT molecular complexity index is 460. The molecule has 21 heavy (non-hydrogen) atoms. The van der Waals surface area contributed by atoms with Crippen LogP contribution in [0.25, 0.3) is 0 Å². The van der Waals surface area contributed by atoms with Gasteiger partial charge in [0.25, 0.3) is 0 Å². The van der Waals surface area contributed by atoms with Gasteiger partial charge in [-0.3, -0.25) is 0 Å². The smallest absolute Gasteiger partial charge is 0.447 e. The van der Waals surface area contributed by atoms with Crippen molar-refractivity contribution in [2.75, 3.05) is 6.61 Å². The maximum absolute atomic E-state index is 11.3. The summed E-state index contributed by atoms with van der Waals surface area (Å²) in [4.78, 5) is 22.5. The number of carbonyl (C=O) groups is 2. The predicted octanol–water partition coefficient (Wildman–Crippen LogP) is 4.74. The fourth-order valence-electron chi connectivity index (χ4n) is 1.59. The molecule has 6 nitrogen and oxygen atoms in total. The summed E-state index contributed by atoms with van der Waals surface area (Å²) in [5, 5.41) is 6.28. The van der Waals surface area contributed by atoms with Gasteiger partial charge in [-0.15, -0.1) is 0 Å². The molecule has 0 fully saturated rings. The van der Waals surface area contributed by atoms with Crippen molar-refractivity contribution in [1.82, 2.24) is 0 Å². The van der Waals surface area contributed by atoms with E-state index in [1.807, 2.05) is 0 Å². The molecule has 0 saturated heterocycles. The van der Waals surface area contributed by atoms with E-state index in [1.54, 1.807) is 30.3 Å². The van der Waals surface area contributed by atoms with Crippen molar-refractivity contribution in [2.24, 2.45) is 10.2 Å². The van der Waals surface area contributed by atoms with Crippen LogP contribution in [0.1, 0.15) is 39.0 Å². The lowest BCUT2D eigenvalue weighted by molar-refractivity contribution is 0.151. The summed E-state index contributed by atoms with van der Waals surface area (Å²) in [6, 6.07) is 8.42. The largest absolute Gasteiger partial charge is 0.458 e. The zero-order valence-electron chi connectivity index (χ0n) is 12.2. The van der Waals surface area contributed by atoms with Crippen molar-refractivity contribution >= 4 is 12.2 Å². The maximum atomic E-state index is 11.3. The third kappa shape index (κ3) is 8.52. The average Bonchev–Trinajstić information content (AvgIpc) is 2.50. The first-order valence-electron chi connectivity index (χ1n) is 7.07. The van der Waals surface area contributed by atoms with E-state index in [0.29, 0.717) is 5.75 Å². The zero-order valence-corrected chi connectivity index (χ0v) is 12.2. The monoisotopic (exact) mass is 292 g/mol. The van der Waals surface area contributed by atoms with Gasteiger partial charge in [-0.1, -0.05) is 61.0 Å². The number of rotatable bonds is 7. The highest BCUT2D eigenvalue weighted by Crippen LogP contribution is 2.09. The van der Waals surface area contributed by atoms with E-state index in [-0.39, 0.29) is 6.61 Å². The molecular formula is C15H20N2O4. The number of amides is 2. The number of nitrogens with zero attached hydrogens (tertiary/aromatic N) is 2. The molecule has 114 valence electrons. The Kier molecular flexibility index (Phi) is 8.44. The molecule has 0 saturated carbocycles. The number of para-hydroxylation sites is 1. The van der Waals surface area contributed by atoms with Crippen LogP contribution in [0.2, 0.25) is 0 Å². The molecule has 0 radical (unpaired) electrons. The molecule has 0 aliphatic carbocycles. The van der Waals surface area contributed by atoms with Gasteiger partial charge in [-0.2, -0.15) is 0 Å². The van der Waals surface area contributed by atoms with Gasteiger partial charge in [0.15, 0.2) is 0 Å². The second kappa shape index (κ2) is 10.5. The average molecular weight is 292 g/mol. The van der Waals surface area contributed by atoms with Crippen LogP contribution in [-0.4, -0.2) is 18.8 Å². The number of azo groups is 1. The minimum atomic E-state index is -0.957. The summed E-state index contributed by atoms with van der Waals surface area (Å²) in [7, 11) is 0. The molecule has 0 atom stereocenters. The van der Waals surface area contributed by atoms with Gasteiger partial charge in [0.2, 0.25) is 0 Å². The molecule has 0 aliphatic rings. The van der Waals surface area contributed by atoms with Gasteiger partial charge >= 0.3 is 12.2 Å². The molecule has 1 rings (SSSR count). The molecule has 2 amide bonds. The molecule has 0 spiro atoms. The molecule has 0 unspecified atom stereocenters. The van der Waals surface area contributed by atoms with Gasteiger partial charge in [0.1, 0.15) is 5.75 Å². The van der Waals surface area contributed by atoms with E-state index in [1.165, 1.54) is 6.42 Å². The SMILES string of the molecule is CCCCCCCOC(=O)/N=N/C(=O)Oc1ccccc1. The number of hydrogen-bond acceptors (Lipinski definition) is 4. The van der Waals surface area contributed by atoms with E-state index < -0.39 is 12.2 Å². The Balaban J connectivity index is 2.16. The quantitative estimate of drug-likeness (QED) is 0.537. The zero-order chi connectivity index (χ0) is 15.3. The first-order chi connectivity index (χ1) is 10.2. The summed E-state index contributed by atoms with van der Waals surface area (Å²) in [6.45, 7) is 2.42. The number of ether oxygens (including phenoxy) is 2. The molecule has 0 bridgehead atoms. The van der Waals surface area contributed by atoms with E-state index in [4.69, 9.17) is 9.47 Å². The van der Waals surface area contributed by atoms with Crippen molar-refractivity contribution in [1.29, 1.82) is 0 Å². The number of unbranched alkanes of at least 4 members (excludes halogenated alkanes) is 4. The Morgan fingerprint density at radius 1 is 0.952 bits per heavy atom. The van der Waals surface area contributed by atoms with Gasteiger partial charge < -0.3 is 9.47 Å². The molecule has 1 aromatic carbocycles. The van der Waals surface area contributed by atoms with Crippen LogP contribution < -0.4 is 4.74 Å². The standard InChI is InChI=1S/C15H20N2O4/c1-2-3-4-5-9-12-20-14(18)16-17-15(19)21-13-10-7-6-8-11-13/h6-8,10-11H,2-5,9,12H2,1H3/b17-16+. The van der Waals surface area contributed by atoms with Gasteiger partial charge in [0.05, 0.1) is 6.61 Å². The second-order valence-corrected chi connectivity index (χ2v) is 4.41. The molecule has 0 N–H and O–H groups in total. The van der Waals surface area contributed by atoms with Crippen LogP contribution in [0.5, 0.6) is 5.75 Å². The summed E-state index contributed by atoms with van der Waals surface area (Å²) < 4.78 is 9.64. The van der Waals surface area contributed by atoms with E-state index in [0.717, 1.165) is 25.7 Å². The highest BCUT2D eigenvalue weighted by Gasteiger charge is 2.05. The lowest BCUT2D eigenvalue weighted by Crippen LogP contribution is -2.04. The van der Waals surface area contributed by atoms with Crippen molar-refractivity contribution < 1.29 is 19.1 Å². The van der Waals surface area contributed by atoms with Crippen LogP contribution in [0.4, 0.5) is 9.59 Å². The Morgan fingerprint density at radius 3 is 2.33 bits per heavy atom. The Labute approximate surface area is 124 Å². The van der Waals surface area contributed by atoms with E-state index in [9.17, 15) is 9.59 Å². The van der Waals surface area contributed by atoms with Crippen LogP contribution >= 0.6 is 0 Å². The molecule has 1 aromatic rings. The van der Waals surface area contributed by atoms with Gasteiger partial charge in [-0.05, 0) is 18.6 Å². The van der Waals surface area contributed by atoms with Crippen molar-refractivity contribution in [3.63, 3.8) is 0 Å². The minimum Gasteiger partial charge on any atom is -0.447 e. The fraction of sp³-hybridized carbons (Fsp3) is 0.467. The fourth-order valence-corrected chi connectivity index (χ4v) is 1.59. The third-order valence-corrected chi connectivity index (χ3v) is 2.64. The number of carbonyl (C=O) groups excluding carboxylic acids is 2. The van der Waals surface area contributed by atoms with E-state index >= 15 is 0 Å². The van der Waals surface area contributed by atoms with Crippen LogP contribution in [0.3, 0.4) is 0 Å². The maximum Gasteiger partial charge on any atom is 0.458 e. The summed E-state index contributed by atoms with van der Waals surface area (Å²) in [5.74, 6) is 0.339. The van der Waals surface area contributed by atoms with Crippen molar-refractivity contribution in [2.45, 2.75) is 39.0 Å². The summed E-state index contributed by atoms with van der Waals surface area (Å²) in [6.07, 6.45) is 3.43. The summed E-state index contributed by atoms with van der Waals surface area (Å²) in [5.41, 5.74) is 0. The Hall–Kier alpha value is -2.24. The van der Waals surface area contributed by atoms with Gasteiger partial charge in [0, 0.05) is 0 Å². The Morgan fingerprint density at radius 2 is 1.62 bits per heavy atom. The third-order valence-electron chi connectivity index (χ3n) is 2.64. The topological polar surface area (TPSA) is 77.3 Å². The first kappa shape index (κ1) is 16.8. The molecule has 0 aromatic heterocycles. The van der Waals surface area contributed by atoms with Gasteiger partial charge in [-0.25, -0.2) is 9.59 Å². The highest BCUT2D eigenvalue weighted by atomic mass is 16.6. The predicted molar refractivity (Wildman–Crippen MR) is 77.4 cm³/mol. The highest BCUT2D eigenvalue weighted by molar-refractivity contribution is 5.74. The molecule has 6 heteroatoms. The lowest BCUT2D eigenvalue weighted by Gasteiger charge is -2.00. The second-order valence-electron chi connectivity index (χ2n) is 4.41. The number of benzene rings is 1. The van der Waals surface area contributed by atoms with E-state index in [2.05, 4.69) is 17.2 Å². The van der Waals surface area contributed by atoms with Crippen molar-refractivity contribution in [3.8, 4) is 5.75 Å². The normalized spacial score (nSPS) is 10.5. The first-order valence-corrected chi connectivity index (χ1v) is 7.07. The van der Waals surface area contributed by atoms with Crippen LogP contribution in [0, 0.1) is 0 Å². The van der Waals surface area contributed by atoms with Crippen LogP contribution in [-0.2, 0) is 4.74 Å². The number of hydrogen-bond donors (Lipinski definition) is 0. The summed E-state index contributed by atoms with van der Waals surface area (Å²) >= 11 is 0. The molecule has 0 aliphatic heterocycles. The van der Waals surface area contributed by atoms with Crippen molar-refractivity contribution in [3.05, 3.63) is 30.3 Å². The van der Waals surface area contributed by atoms with Crippen LogP contribution in [0.15, 0.2) is 40.6 Å².